The molecule has 1 aliphatic rings. The summed E-state index contributed by atoms with van der Waals surface area (Å²) in [5.41, 5.74) is -0.516. The van der Waals surface area contributed by atoms with E-state index in [-0.39, 0.29) is 19.1 Å². The summed E-state index contributed by atoms with van der Waals surface area (Å²) in [6.07, 6.45) is 2.35. The minimum Gasteiger partial charge on any atom is -0.491 e. The van der Waals surface area contributed by atoms with E-state index in [1.54, 1.807) is 24.5 Å². The lowest BCUT2D eigenvalue weighted by Gasteiger charge is -2.29. The number of carbonyl (C=O) groups excluding carboxylic acids is 1. The van der Waals surface area contributed by atoms with Crippen molar-refractivity contribution in [3.05, 3.63) is 24.5 Å². The molecule has 1 heterocycles. The summed E-state index contributed by atoms with van der Waals surface area (Å²) in [5, 5.41) is 22.4. The zero-order chi connectivity index (χ0) is 16.0. The van der Waals surface area contributed by atoms with Crippen molar-refractivity contribution in [2.75, 3.05) is 26.9 Å². The van der Waals surface area contributed by atoms with Gasteiger partial charge in [-0.25, -0.2) is 0 Å². The van der Waals surface area contributed by atoms with Gasteiger partial charge in [0.25, 0.3) is 0 Å². The molecule has 1 saturated carbocycles. The topological polar surface area (TPSA) is 101 Å². The Labute approximate surface area is 129 Å². The van der Waals surface area contributed by atoms with Crippen molar-refractivity contribution in [2.24, 2.45) is 5.41 Å². The van der Waals surface area contributed by atoms with Crippen molar-refractivity contribution in [1.29, 1.82) is 0 Å². The van der Waals surface area contributed by atoms with E-state index in [0.717, 1.165) is 0 Å². The third-order valence-corrected chi connectivity index (χ3v) is 3.84. The van der Waals surface area contributed by atoms with Gasteiger partial charge >= 0.3 is 0 Å². The molecule has 1 fully saturated rings. The monoisotopic (exact) mass is 310 g/mol. The second kappa shape index (κ2) is 7.53. The number of ether oxygens (including phenoxy) is 2. The lowest BCUT2D eigenvalue weighted by atomic mass is 9.86. The number of aliphatic hydroxyl groups is 2. The smallest absolute Gasteiger partial charge is 0.246 e. The number of rotatable bonds is 7. The zero-order valence-electron chi connectivity index (χ0n) is 12.6. The summed E-state index contributed by atoms with van der Waals surface area (Å²) >= 11 is 0. The third-order valence-electron chi connectivity index (χ3n) is 3.84. The molecule has 0 spiro atoms. The van der Waals surface area contributed by atoms with E-state index in [1.165, 1.54) is 7.11 Å². The minimum atomic E-state index is -0.808. The summed E-state index contributed by atoms with van der Waals surface area (Å²) < 4.78 is 10.5. The first-order valence-corrected chi connectivity index (χ1v) is 7.19. The van der Waals surface area contributed by atoms with Crippen molar-refractivity contribution < 1.29 is 24.5 Å². The Kier molecular flexibility index (Phi) is 5.70. The van der Waals surface area contributed by atoms with Gasteiger partial charge < -0.3 is 25.0 Å². The maximum Gasteiger partial charge on any atom is 0.246 e. The van der Waals surface area contributed by atoms with Gasteiger partial charge in [0.15, 0.2) is 0 Å². The minimum absolute atomic E-state index is 0.0232. The lowest BCUT2D eigenvalue weighted by Crippen LogP contribution is -2.41. The fourth-order valence-electron chi connectivity index (χ4n) is 2.69. The van der Waals surface area contributed by atoms with Crippen molar-refractivity contribution in [3.63, 3.8) is 0 Å². The number of nitrogens with one attached hydrogen (secondary N) is 1. The quantitative estimate of drug-likeness (QED) is 0.641. The van der Waals surface area contributed by atoms with Crippen LogP contribution >= 0.6 is 0 Å². The Morgan fingerprint density at radius 3 is 2.77 bits per heavy atom. The van der Waals surface area contributed by atoms with E-state index in [0.29, 0.717) is 25.1 Å². The van der Waals surface area contributed by atoms with Crippen LogP contribution in [0.3, 0.4) is 0 Å². The van der Waals surface area contributed by atoms with Gasteiger partial charge in [-0.3, -0.25) is 9.78 Å². The molecule has 3 N–H and O–H groups in total. The first kappa shape index (κ1) is 16.7. The Hall–Kier alpha value is -1.70. The van der Waals surface area contributed by atoms with Crippen molar-refractivity contribution in [3.8, 4) is 5.75 Å². The molecule has 1 amide bonds. The SMILES string of the molecule is COCC(=O)NCC1(COc2cccnc2)C[C@@H](O)[C@@H](O)C1. The van der Waals surface area contributed by atoms with Crippen molar-refractivity contribution in [2.45, 2.75) is 25.0 Å². The standard InChI is InChI=1S/C15H22N2O5/c1-21-8-14(20)17-9-15(5-12(18)13(19)6-15)10-22-11-3-2-4-16-7-11/h2-4,7,12-13,18-19H,5-6,8-10H2,1H3,(H,17,20)/t12-,13+,15?. The number of methoxy groups -OCH3 is 1. The van der Waals surface area contributed by atoms with E-state index in [2.05, 4.69) is 10.3 Å². The van der Waals surface area contributed by atoms with Gasteiger partial charge in [-0.1, -0.05) is 0 Å². The average molecular weight is 310 g/mol. The number of hydrogen-bond donors (Lipinski definition) is 3. The van der Waals surface area contributed by atoms with E-state index >= 15 is 0 Å². The highest BCUT2D eigenvalue weighted by Gasteiger charge is 2.45. The van der Waals surface area contributed by atoms with Crippen LogP contribution in [0, 0.1) is 5.41 Å². The van der Waals surface area contributed by atoms with Crippen LogP contribution in [0.25, 0.3) is 0 Å². The van der Waals surface area contributed by atoms with Gasteiger partial charge in [0.1, 0.15) is 12.4 Å². The summed E-state index contributed by atoms with van der Waals surface area (Å²) in [6, 6.07) is 3.55. The number of pyridine rings is 1. The van der Waals surface area contributed by atoms with Crippen LogP contribution in [0.5, 0.6) is 5.75 Å². The maximum absolute atomic E-state index is 11.6. The number of amides is 1. The molecule has 1 aliphatic carbocycles. The number of carbonyl (C=O) groups is 1. The van der Waals surface area contributed by atoms with Crippen molar-refractivity contribution >= 4 is 5.91 Å². The molecule has 0 aromatic carbocycles. The van der Waals surface area contributed by atoms with Crippen LogP contribution in [-0.2, 0) is 9.53 Å². The fraction of sp³-hybridized carbons (Fsp3) is 0.600. The molecule has 3 atom stereocenters. The van der Waals surface area contributed by atoms with E-state index in [9.17, 15) is 15.0 Å². The first-order valence-electron chi connectivity index (χ1n) is 7.19. The second-order valence-electron chi connectivity index (χ2n) is 5.73. The molecular weight excluding hydrogens is 288 g/mol. The fourth-order valence-corrected chi connectivity index (χ4v) is 2.69. The Morgan fingerprint density at radius 1 is 1.45 bits per heavy atom. The molecule has 0 saturated heterocycles. The predicted octanol–water partition coefficient (Wildman–Crippen LogP) is -0.275. The van der Waals surface area contributed by atoms with Crippen LogP contribution in [0.2, 0.25) is 0 Å². The van der Waals surface area contributed by atoms with Gasteiger partial charge in [-0.2, -0.15) is 0 Å². The Bertz CT molecular complexity index is 472. The van der Waals surface area contributed by atoms with Gasteiger partial charge in [-0.05, 0) is 25.0 Å². The van der Waals surface area contributed by atoms with Gasteiger partial charge in [-0.15, -0.1) is 0 Å². The molecule has 7 heteroatoms. The third kappa shape index (κ3) is 4.40. The Balaban J connectivity index is 1.98. The molecule has 0 bridgehead atoms. The van der Waals surface area contributed by atoms with Crippen molar-refractivity contribution in [1.82, 2.24) is 10.3 Å². The van der Waals surface area contributed by atoms with Gasteiger partial charge in [0, 0.05) is 25.3 Å². The van der Waals surface area contributed by atoms with Crippen LogP contribution in [-0.4, -0.2) is 60.2 Å². The molecule has 1 aromatic heterocycles. The largest absolute Gasteiger partial charge is 0.491 e. The van der Waals surface area contributed by atoms with Crippen LogP contribution < -0.4 is 10.1 Å². The number of hydrogen-bond acceptors (Lipinski definition) is 6. The van der Waals surface area contributed by atoms with Gasteiger partial charge in [0.05, 0.1) is 25.0 Å². The summed E-state index contributed by atoms with van der Waals surface area (Å²) in [7, 11) is 1.45. The molecule has 1 unspecified atom stereocenters. The normalized spacial score (nSPS) is 27.6. The molecule has 0 radical (unpaired) electrons. The molecular formula is C15H22N2O5. The van der Waals surface area contributed by atoms with Crippen LogP contribution in [0.4, 0.5) is 0 Å². The van der Waals surface area contributed by atoms with E-state index < -0.39 is 17.6 Å². The first-order chi connectivity index (χ1) is 10.5. The summed E-state index contributed by atoms with van der Waals surface area (Å²) in [5.74, 6) is 0.375. The highest BCUT2D eigenvalue weighted by Crippen LogP contribution is 2.38. The maximum atomic E-state index is 11.6. The molecule has 122 valence electrons. The lowest BCUT2D eigenvalue weighted by molar-refractivity contribution is -0.125. The molecule has 7 nitrogen and oxygen atoms in total. The Morgan fingerprint density at radius 2 is 2.18 bits per heavy atom. The zero-order valence-corrected chi connectivity index (χ0v) is 12.6. The molecule has 2 rings (SSSR count). The molecule has 22 heavy (non-hydrogen) atoms. The average Bonchev–Trinajstić information content (AvgIpc) is 2.80. The van der Waals surface area contributed by atoms with E-state index in [4.69, 9.17) is 9.47 Å². The number of aliphatic hydroxyl groups excluding tert-OH is 2. The highest BCUT2D eigenvalue weighted by atomic mass is 16.5. The summed E-state index contributed by atoms with van der Waals surface area (Å²) in [4.78, 5) is 15.5. The predicted molar refractivity (Wildman–Crippen MR) is 78.3 cm³/mol. The number of nitrogens with zero attached hydrogens (tertiary/aromatic N) is 1. The second-order valence-corrected chi connectivity index (χ2v) is 5.73. The van der Waals surface area contributed by atoms with Crippen LogP contribution in [0.1, 0.15) is 12.8 Å². The van der Waals surface area contributed by atoms with E-state index in [1.807, 2.05) is 0 Å². The van der Waals surface area contributed by atoms with Crippen LogP contribution in [0.15, 0.2) is 24.5 Å². The van der Waals surface area contributed by atoms with Gasteiger partial charge in [0.2, 0.25) is 5.91 Å². The number of aromatic nitrogens is 1. The summed E-state index contributed by atoms with van der Waals surface area (Å²) in [6.45, 7) is 0.564. The molecule has 0 aliphatic heterocycles. The molecule has 1 aromatic rings. The highest BCUT2D eigenvalue weighted by molar-refractivity contribution is 5.77.